The van der Waals surface area contributed by atoms with E-state index in [1.165, 1.54) is 11.8 Å². The number of fused-ring (bicyclic) bond motifs is 3. The number of rotatable bonds is 6. The molecule has 10 heteroatoms. The maximum atomic E-state index is 12.9. The van der Waals surface area contributed by atoms with Crippen LogP contribution < -0.4 is 10.9 Å². The standard InChI is InChI=1S/C20H17Cl2N5O2S/c1-2-8-26-18(29)15-7-6-13(22)10-16(15)27-19(26)24-25-20(27)30-11-17(28)23-14-5-3-4-12(21)9-14/h3-7,9-10H,2,8,11H2,1H3,(H,23,28). The van der Waals surface area contributed by atoms with Crippen LogP contribution in [0.2, 0.25) is 10.0 Å². The Balaban J connectivity index is 1.69. The fourth-order valence-electron chi connectivity index (χ4n) is 3.17. The van der Waals surface area contributed by atoms with Crippen LogP contribution in [-0.4, -0.2) is 30.8 Å². The zero-order valence-corrected chi connectivity index (χ0v) is 18.3. The molecular formula is C20H17Cl2N5O2S. The molecule has 4 rings (SSSR count). The van der Waals surface area contributed by atoms with Crippen molar-refractivity contribution in [1.82, 2.24) is 19.2 Å². The summed E-state index contributed by atoms with van der Waals surface area (Å²) >= 11 is 13.4. The predicted molar refractivity (Wildman–Crippen MR) is 121 cm³/mol. The van der Waals surface area contributed by atoms with Gasteiger partial charge in [0, 0.05) is 22.3 Å². The number of hydrogen-bond acceptors (Lipinski definition) is 5. The number of carbonyl (C=O) groups is 1. The zero-order valence-electron chi connectivity index (χ0n) is 15.9. The van der Waals surface area contributed by atoms with Crippen LogP contribution in [0, 0.1) is 0 Å². The topological polar surface area (TPSA) is 81.3 Å². The highest BCUT2D eigenvalue weighted by Gasteiger charge is 2.18. The lowest BCUT2D eigenvalue weighted by molar-refractivity contribution is -0.113. The van der Waals surface area contributed by atoms with E-state index in [2.05, 4.69) is 15.5 Å². The molecule has 0 unspecified atom stereocenters. The zero-order chi connectivity index (χ0) is 21.3. The molecular weight excluding hydrogens is 445 g/mol. The smallest absolute Gasteiger partial charge is 0.262 e. The van der Waals surface area contributed by atoms with Crippen LogP contribution in [0.3, 0.4) is 0 Å². The second-order valence-electron chi connectivity index (χ2n) is 6.58. The van der Waals surface area contributed by atoms with Crippen LogP contribution in [0.1, 0.15) is 13.3 Å². The van der Waals surface area contributed by atoms with E-state index < -0.39 is 0 Å². The first-order valence-electron chi connectivity index (χ1n) is 9.23. The lowest BCUT2D eigenvalue weighted by Crippen LogP contribution is -2.23. The number of hydrogen-bond donors (Lipinski definition) is 1. The predicted octanol–water partition coefficient (Wildman–Crippen LogP) is 4.49. The average molecular weight is 462 g/mol. The largest absolute Gasteiger partial charge is 0.325 e. The molecule has 154 valence electrons. The van der Waals surface area contributed by atoms with E-state index in [1.54, 1.807) is 51.4 Å². The molecule has 2 heterocycles. The molecule has 4 aromatic rings. The monoisotopic (exact) mass is 461 g/mol. The molecule has 7 nitrogen and oxygen atoms in total. The lowest BCUT2D eigenvalue weighted by atomic mass is 10.2. The van der Waals surface area contributed by atoms with E-state index in [4.69, 9.17) is 23.2 Å². The number of halogens is 2. The van der Waals surface area contributed by atoms with Crippen LogP contribution in [0.15, 0.2) is 52.4 Å². The van der Waals surface area contributed by atoms with Gasteiger partial charge in [-0.25, -0.2) is 0 Å². The van der Waals surface area contributed by atoms with E-state index >= 15 is 0 Å². The van der Waals surface area contributed by atoms with Crippen molar-refractivity contribution in [1.29, 1.82) is 0 Å². The first kappa shape index (κ1) is 20.7. The third kappa shape index (κ3) is 4.03. The summed E-state index contributed by atoms with van der Waals surface area (Å²) in [6, 6.07) is 12.0. The summed E-state index contributed by atoms with van der Waals surface area (Å²) < 4.78 is 3.37. The molecule has 0 saturated heterocycles. The van der Waals surface area contributed by atoms with E-state index in [-0.39, 0.29) is 17.2 Å². The van der Waals surface area contributed by atoms with Gasteiger partial charge in [-0.3, -0.25) is 18.6 Å². The molecule has 2 aromatic carbocycles. The van der Waals surface area contributed by atoms with Gasteiger partial charge in [0.1, 0.15) is 0 Å². The molecule has 0 aliphatic carbocycles. The highest BCUT2D eigenvalue weighted by molar-refractivity contribution is 7.99. The second-order valence-corrected chi connectivity index (χ2v) is 8.40. The second kappa shape index (κ2) is 8.67. The maximum absolute atomic E-state index is 12.9. The minimum absolute atomic E-state index is 0.113. The summed E-state index contributed by atoms with van der Waals surface area (Å²) in [6.45, 7) is 2.50. The van der Waals surface area contributed by atoms with Crippen molar-refractivity contribution in [2.45, 2.75) is 25.0 Å². The Labute approximate surface area is 186 Å². The molecule has 0 bridgehead atoms. The summed E-state index contributed by atoms with van der Waals surface area (Å²) in [6.07, 6.45) is 0.770. The van der Waals surface area contributed by atoms with Gasteiger partial charge in [0.2, 0.25) is 11.7 Å². The van der Waals surface area contributed by atoms with Gasteiger partial charge in [0.15, 0.2) is 5.16 Å². The Hall–Kier alpha value is -2.55. The molecule has 0 saturated carbocycles. The van der Waals surface area contributed by atoms with Gasteiger partial charge in [-0.1, -0.05) is 48.0 Å². The van der Waals surface area contributed by atoms with Gasteiger partial charge in [-0.05, 0) is 42.8 Å². The Morgan fingerprint density at radius 3 is 2.70 bits per heavy atom. The van der Waals surface area contributed by atoms with Crippen LogP contribution in [0.5, 0.6) is 0 Å². The van der Waals surface area contributed by atoms with Gasteiger partial charge >= 0.3 is 0 Å². The Kier molecular flexibility index (Phi) is 5.99. The number of carbonyl (C=O) groups excluding carboxylic acids is 1. The number of nitrogens with one attached hydrogen (secondary N) is 1. The van der Waals surface area contributed by atoms with Crippen molar-refractivity contribution in [3.63, 3.8) is 0 Å². The molecule has 1 amide bonds. The summed E-state index contributed by atoms with van der Waals surface area (Å²) in [5.74, 6) is 0.333. The van der Waals surface area contributed by atoms with E-state index in [9.17, 15) is 9.59 Å². The molecule has 1 N–H and O–H groups in total. The maximum Gasteiger partial charge on any atom is 0.262 e. The van der Waals surface area contributed by atoms with Crippen molar-refractivity contribution in [2.24, 2.45) is 0 Å². The summed E-state index contributed by atoms with van der Waals surface area (Å²) in [7, 11) is 0. The van der Waals surface area contributed by atoms with Gasteiger partial charge < -0.3 is 5.32 Å². The fourth-order valence-corrected chi connectivity index (χ4v) is 4.26. The molecule has 0 radical (unpaired) electrons. The minimum atomic E-state index is -0.205. The first-order valence-corrected chi connectivity index (χ1v) is 11.0. The minimum Gasteiger partial charge on any atom is -0.325 e. The Morgan fingerprint density at radius 1 is 1.13 bits per heavy atom. The van der Waals surface area contributed by atoms with Crippen molar-refractivity contribution in [3.8, 4) is 0 Å². The third-order valence-electron chi connectivity index (χ3n) is 4.42. The molecule has 0 aliphatic heterocycles. The molecule has 0 atom stereocenters. The number of nitrogens with zero attached hydrogens (tertiary/aromatic N) is 4. The van der Waals surface area contributed by atoms with E-state index in [0.29, 0.717) is 44.1 Å². The van der Waals surface area contributed by atoms with Gasteiger partial charge in [-0.15, -0.1) is 10.2 Å². The van der Waals surface area contributed by atoms with E-state index in [1.807, 2.05) is 6.92 Å². The molecule has 0 aliphatic rings. The van der Waals surface area contributed by atoms with Crippen LogP contribution in [0.4, 0.5) is 5.69 Å². The molecule has 2 aromatic heterocycles. The third-order valence-corrected chi connectivity index (χ3v) is 5.82. The van der Waals surface area contributed by atoms with Gasteiger partial charge in [0.25, 0.3) is 5.56 Å². The van der Waals surface area contributed by atoms with Gasteiger partial charge in [0.05, 0.1) is 16.7 Å². The molecule has 0 fully saturated rings. The van der Waals surface area contributed by atoms with Crippen molar-refractivity contribution < 1.29 is 4.79 Å². The van der Waals surface area contributed by atoms with Crippen molar-refractivity contribution >= 4 is 63.2 Å². The number of amides is 1. The number of thioether (sulfide) groups is 1. The average Bonchev–Trinajstić information content (AvgIpc) is 3.13. The van der Waals surface area contributed by atoms with Crippen LogP contribution in [-0.2, 0) is 11.3 Å². The van der Waals surface area contributed by atoms with Crippen molar-refractivity contribution in [2.75, 3.05) is 11.1 Å². The molecule has 0 spiro atoms. The first-order chi connectivity index (χ1) is 14.5. The van der Waals surface area contributed by atoms with Crippen LogP contribution >= 0.6 is 35.0 Å². The van der Waals surface area contributed by atoms with Gasteiger partial charge in [-0.2, -0.15) is 0 Å². The number of benzene rings is 2. The van der Waals surface area contributed by atoms with E-state index in [0.717, 1.165) is 6.42 Å². The quantitative estimate of drug-likeness (QED) is 0.427. The number of aryl methyl sites for hydroxylation is 1. The SMILES string of the molecule is CCCn1c(=O)c2ccc(Cl)cc2n2c(SCC(=O)Nc3cccc(Cl)c3)nnc12. The highest BCUT2D eigenvalue weighted by Crippen LogP contribution is 2.24. The summed E-state index contributed by atoms with van der Waals surface area (Å²) in [4.78, 5) is 25.3. The number of anilines is 1. The fraction of sp³-hybridized carbons (Fsp3) is 0.200. The lowest BCUT2D eigenvalue weighted by Gasteiger charge is -2.11. The number of aromatic nitrogens is 4. The summed E-state index contributed by atoms with van der Waals surface area (Å²) in [5, 5.41) is 13.3. The normalized spacial score (nSPS) is 11.3. The summed E-state index contributed by atoms with van der Waals surface area (Å²) in [5.41, 5.74) is 1.09. The van der Waals surface area contributed by atoms with Crippen LogP contribution in [0.25, 0.3) is 16.7 Å². The van der Waals surface area contributed by atoms with Crippen molar-refractivity contribution in [3.05, 3.63) is 62.9 Å². The Bertz CT molecular complexity index is 1320. The molecule has 30 heavy (non-hydrogen) atoms. The Morgan fingerprint density at radius 2 is 1.93 bits per heavy atom. The highest BCUT2D eigenvalue weighted by atomic mass is 35.5.